The van der Waals surface area contributed by atoms with Crippen LogP contribution in [0.5, 0.6) is 5.75 Å². The van der Waals surface area contributed by atoms with Crippen molar-refractivity contribution in [1.82, 2.24) is 15.5 Å². The number of benzene rings is 1. The number of rotatable bonds is 5. The Morgan fingerprint density at radius 3 is 2.74 bits per heavy atom. The maximum atomic E-state index is 11.7. The minimum atomic E-state index is -0.247. The highest BCUT2D eigenvalue weighted by molar-refractivity contribution is 5.96. The van der Waals surface area contributed by atoms with E-state index < -0.39 is 0 Å². The van der Waals surface area contributed by atoms with Crippen LogP contribution in [0.1, 0.15) is 16.1 Å². The fraction of sp³-hybridized carbons (Fsp3) is 0.231. The summed E-state index contributed by atoms with van der Waals surface area (Å²) < 4.78 is 5.08. The molecule has 6 heteroatoms. The summed E-state index contributed by atoms with van der Waals surface area (Å²) in [5, 5.41) is 9.05. The molecule has 0 atom stereocenters. The lowest BCUT2D eigenvalue weighted by Crippen LogP contribution is -2.26. The van der Waals surface area contributed by atoms with Crippen molar-refractivity contribution < 1.29 is 9.53 Å². The van der Waals surface area contributed by atoms with Crippen molar-refractivity contribution in [3.8, 4) is 5.75 Å². The molecule has 0 radical (unpaired) electrons. The van der Waals surface area contributed by atoms with Crippen molar-refractivity contribution in [1.29, 1.82) is 0 Å². The Morgan fingerprint density at radius 1 is 1.42 bits per heavy atom. The zero-order valence-electron chi connectivity index (χ0n) is 10.6. The van der Waals surface area contributed by atoms with Gasteiger partial charge in [-0.05, 0) is 24.1 Å². The van der Waals surface area contributed by atoms with Crippen LogP contribution in [0, 0.1) is 0 Å². The third kappa shape index (κ3) is 3.25. The van der Waals surface area contributed by atoms with Crippen molar-refractivity contribution in [2.75, 3.05) is 19.4 Å². The van der Waals surface area contributed by atoms with E-state index in [9.17, 15) is 4.79 Å². The summed E-state index contributed by atoms with van der Waals surface area (Å²) in [4.78, 5) is 11.7. The monoisotopic (exact) mass is 260 g/mol. The molecule has 0 aliphatic rings. The second kappa shape index (κ2) is 5.90. The average molecular weight is 260 g/mol. The number of ether oxygens (including phenoxy) is 1. The Morgan fingerprint density at radius 2 is 2.16 bits per heavy atom. The number of aromatic nitrogens is 2. The number of nitrogens with one attached hydrogen (secondary N) is 2. The van der Waals surface area contributed by atoms with Gasteiger partial charge in [0, 0.05) is 6.54 Å². The molecule has 0 bridgehead atoms. The quantitative estimate of drug-likeness (QED) is 0.747. The summed E-state index contributed by atoms with van der Waals surface area (Å²) in [6.45, 7) is 0.531. The maximum absolute atomic E-state index is 11.7. The second-order valence-electron chi connectivity index (χ2n) is 4.05. The summed E-state index contributed by atoms with van der Waals surface area (Å²) in [5.74, 6) is 0.571. The number of aromatic amines is 1. The first-order valence-electron chi connectivity index (χ1n) is 5.90. The van der Waals surface area contributed by atoms with E-state index in [2.05, 4.69) is 15.5 Å². The zero-order chi connectivity index (χ0) is 13.7. The number of hydrogen-bond donors (Lipinski definition) is 3. The van der Waals surface area contributed by atoms with Crippen molar-refractivity contribution in [3.05, 3.63) is 41.7 Å². The van der Waals surface area contributed by atoms with Gasteiger partial charge in [-0.2, -0.15) is 5.10 Å². The molecule has 0 saturated heterocycles. The van der Waals surface area contributed by atoms with E-state index in [1.165, 1.54) is 6.20 Å². The second-order valence-corrected chi connectivity index (χ2v) is 4.05. The molecule has 1 aromatic heterocycles. The Labute approximate surface area is 111 Å². The number of carbonyl (C=O) groups is 1. The van der Waals surface area contributed by atoms with Crippen molar-refractivity contribution in [2.45, 2.75) is 6.42 Å². The van der Waals surface area contributed by atoms with Crippen molar-refractivity contribution >= 4 is 11.6 Å². The fourth-order valence-corrected chi connectivity index (χ4v) is 1.68. The van der Waals surface area contributed by atoms with E-state index in [4.69, 9.17) is 10.5 Å². The topological polar surface area (TPSA) is 93.0 Å². The van der Waals surface area contributed by atoms with Crippen LogP contribution < -0.4 is 15.8 Å². The van der Waals surface area contributed by atoms with E-state index in [0.29, 0.717) is 17.9 Å². The predicted octanol–water partition coefficient (Wildman–Crippen LogP) is 0.973. The highest BCUT2D eigenvalue weighted by atomic mass is 16.5. The Kier molecular flexibility index (Phi) is 4.02. The Bertz CT molecular complexity index is 548. The van der Waals surface area contributed by atoms with E-state index in [-0.39, 0.29) is 5.91 Å². The van der Waals surface area contributed by atoms with Crippen LogP contribution in [0.3, 0.4) is 0 Å². The summed E-state index contributed by atoms with van der Waals surface area (Å²) in [5.41, 5.74) is 7.36. The molecule has 0 fully saturated rings. The molecule has 1 aromatic carbocycles. The van der Waals surface area contributed by atoms with Gasteiger partial charge in [-0.1, -0.05) is 12.1 Å². The van der Waals surface area contributed by atoms with Gasteiger partial charge in [0.25, 0.3) is 5.91 Å². The molecule has 0 spiro atoms. The number of anilines is 1. The van der Waals surface area contributed by atoms with Crippen molar-refractivity contribution in [2.24, 2.45) is 0 Å². The third-order valence-electron chi connectivity index (χ3n) is 2.75. The molecule has 2 rings (SSSR count). The SMILES string of the molecule is COc1ccc(CCNC(=O)c2[nH]ncc2N)cc1. The summed E-state index contributed by atoms with van der Waals surface area (Å²) in [6, 6.07) is 7.72. The molecule has 19 heavy (non-hydrogen) atoms. The minimum absolute atomic E-state index is 0.247. The van der Waals surface area contributed by atoms with Crippen LogP contribution in [0.4, 0.5) is 5.69 Å². The highest BCUT2D eigenvalue weighted by Crippen LogP contribution is 2.11. The van der Waals surface area contributed by atoms with Crippen LogP contribution in [0.15, 0.2) is 30.5 Å². The standard InChI is InChI=1S/C13H16N4O2/c1-19-10-4-2-9(3-5-10)6-7-15-13(18)12-11(14)8-16-17-12/h2-5,8H,6-7,14H2,1H3,(H,15,18)(H,16,17). The van der Waals surface area contributed by atoms with E-state index in [1.807, 2.05) is 24.3 Å². The van der Waals surface area contributed by atoms with E-state index >= 15 is 0 Å². The number of nitrogen functional groups attached to an aromatic ring is 1. The number of H-pyrrole nitrogens is 1. The largest absolute Gasteiger partial charge is 0.497 e. The Balaban J connectivity index is 1.83. The van der Waals surface area contributed by atoms with Gasteiger partial charge in [-0.25, -0.2) is 0 Å². The van der Waals surface area contributed by atoms with E-state index in [1.54, 1.807) is 7.11 Å². The van der Waals surface area contributed by atoms with Gasteiger partial charge >= 0.3 is 0 Å². The first-order valence-corrected chi connectivity index (χ1v) is 5.90. The molecule has 0 saturated carbocycles. The maximum Gasteiger partial charge on any atom is 0.271 e. The smallest absolute Gasteiger partial charge is 0.271 e. The number of carbonyl (C=O) groups excluding carboxylic acids is 1. The Hall–Kier alpha value is -2.50. The van der Waals surface area contributed by atoms with Gasteiger partial charge < -0.3 is 15.8 Å². The average Bonchev–Trinajstić information content (AvgIpc) is 2.86. The van der Waals surface area contributed by atoms with E-state index in [0.717, 1.165) is 17.7 Å². The number of nitrogens with two attached hydrogens (primary N) is 1. The molecule has 2 aromatic rings. The fourth-order valence-electron chi connectivity index (χ4n) is 1.68. The molecule has 100 valence electrons. The molecule has 0 unspecified atom stereocenters. The first kappa shape index (κ1) is 12.9. The van der Waals surface area contributed by atoms with Crippen molar-refractivity contribution in [3.63, 3.8) is 0 Å². The van der Waals surface area contributed by atoms with Gasteiger partial charge in [-0.15, -0.1) is 0 Å². The summed E-state index contributed by atoms with van der Waals surface area (Å²) in [6.07, 6.45) is 2.15. The number of hydrogen-bond acceptors (Lipinski definition) is 4. The number of nitrogens with zero attached hydrogens (tertiary/aromatic N) is 1. The summed E-state index contributed by atoms with van der Waals surface area (Å²) >= 11 is 0. The lowest BCUT2D eigenvalue weighted by molar-refractivity contribution is 0.0950. The molecular weight excluding hydrogens is 244 g/mol. The molecule has 1 heterocycles. The summed E-state index contributed by atoms with van der Waals surface area (Å²) in [7, 11) is 1.63. The van der Waals surface area contributed by atoms with Gasteiger partial charge in [0.15, 0.2) is 0 Å². The van der Waals surface area contributed by atoms with Gasteiger partial charge in [0.05, 0.1) is 19.0 Å². The number of methoxy groups -OCH3 is 1. The zero-order valence-corrected chi connectivity index (χ0v) is 10.6. The van der Waals surface area contributed by atoms with Gasteiger partial charge in [-0.3, -0.25) is 9.89 Å². The molecule has 0 aliphatic heterocycles. The van der Waals surface area contributed by atoms with Gasteiger partial charge in [0.1, 0.15) is 11.4 Å². The molecule has 4 N–H and O–H groups in total. The minimum Gasteiger partial charge on any atom is -0.497 e. The van der Waals surface area contributed by atoms with Crippen LogP contribution in [0.2, 0.25) is 0 Å². The molecule has 6 nitrogen and oxygen atoms in total. The first-order chi connectivity index (χ1) is 9.20. The van der Waals surface area contributed by atoms with Gasteiger partial charge in [0.2, 0.25) is 0 Å². The van der Waals surface area contributed by atoms with Crippen LogP contribution in [-0.2, 0) is 6.42 Å². The van der Waals surface area contributed by atoms with Crippen LogP contribution in [0.25, 0.3) is 0 Å². The molecular formula is C13H16N4O2. The van der Waals surface area contributed by atoms with Crippen LogP contribution in [-0.4, -0.2) is 29.8 Å². The lowest BCUT2D eigenvalue weighted by Gasteiger charge is -2.05. The molecule has 0 aliphatic carbocycles. The van der Waals surface area contributed by atoms with Crippen LogP contribution >= 0.6 is 0 Å². The normalized spacial score (nSPS) is 10.2. The predicted molar refractivity (Wildman–Crippen MR) is 72.0 cm³/mol. The highest BCUT2D eigenvalue weighted by Gasteiger charge is 2.10. The molecule has 1 amide bonds. The third-order valence-corrected chi connectivity index (χ3v) is 2.75. The lowest BCUT2D eigenvalue weighted by atomic mass is 10.1. The number of amides is 1.